The highest BCUT2D eigenvalue weighted by atomic mass is 16.5. The van der Waals surface area contributed by atoms with Gasteiger partial charge >= 0.3 is 0 Å². The third kappa shape index (κ3) is 3.21. The minimum Gasteiger partial charge on any atom is -0.497 e. The molecule has 2 aromatic rings. The molecule has 102 valence electrons. The van der Waals surface area contributed by atoms with E-state index >= 15 is 0 Å². The zero-order valence-electron chi connectivity index (χ0n) is 11.5. The largest absolute Gasteiger partial charge is 0.497 e. The van der Waals surface area contributed by atoms with E-state index in [0.717, 1.165) is 5.56 Å². The summed E-state index contributed by atoms with van der Waals surface area (Å²) in [4.78, 5) is 0. The first-order chi connectivity index (χ1) is 9.62. The summed E-state index contributed by atoms with van der Waals surface area (Å²) in [6.07, 6.45) is -0.144. The van der Waals surface area contributed by atoms with Crippen molar-refractivity contribution in [2.75, 3.05) is 12.8 Å². The number of ether oxygens (including phenoxy) is 2. The molecule has 0 aliphatic carbocycles. The average molecular weight is 268 g/mol. The lowest BCUT2D eigenvalue weighted by atomic mass is 10.1. The number of anilines is 1. The van der Waals surface area contributed by atoms with Crippen molar-refractivity contribution in [3.05, 3.63) is 53.6 Å². The molecule has 1 atom stereocenters. The molecule has 2 N–H and O–H groups in total. The summed E-state index contributed by atoms with van der Waals surface area (Å²) in [7, 11) is 1.56. The first-order valence-electron chi connectivity index (χ1n) is 6.23. The predicted octanol–water partition coefficient (Wildman–Crippen LogP) is 3.29. The third-order valence-corrected chi connectivity index (χ3v) is 2.96. The lowest BCUT2D eigenvalue weighted by molar-refractivity contribution is 0.226. The maximum absolute atomic E-state index is 8.99. The zero-order valence-corrected chi connectivity index (χ0v) is 11.5. The maximum Gasteiger partial charge on any atom is 0.125 e. The highest BCUT2D eigenvalue weighted by Gasteiger charge is 2.09. The molecule has 0 fully saturated rings. The minimum atomic E-state index is -0.144. The van der Waals surface area contributed by atoms with Gasteiger partial charge in [-0.2, -0.15) is 5.26 Å². The molecule has 0 aliphatic rings. The molecule has 0 amide bonds. The molecule has 0 aliphatic heterocycles. The van der Waals surface area contributed by atoms with E-state index < -0.39 is 0 Å². The number of nitrogens with two attached hydrogens (primary N) is 1. The van der Waals surface area contributed by atoms with Crippen LogP contribution < -0.4 is 15.2 Å². The molecule has 0 saturated heterocycles. The van der Waals surface area contributed by atoms with Gasteiger partial charge in [-0.25, -0.2) is 0 Å². The van der Waals surface area contributed by atoms with Crippen molar-refractivity contribution in [1.82, 2.24) is 0 Å². The summed E-state index contributed by atoms with van der Waals surface area (Å²) in [6.45, 7) is 1.94. The molecule has 0 radical (unpaired) electrons. The van der Waals surface area contributed by atoms with Crippen molar-refractivity contribution in [2.45, 2.75) is 13.0 Å². The molecule has 1 unspecified atom stereocenters. The van der Waals surface area contributed by atoms with Gasteiger partial charge in [-0.05, 0) is 36.8 Å². The Kier molecular flexibility index (Phi) is 4.11. The third-order valence-electron chi connectivity index (χ3n) is 2.96. The Labute approximate surface area is 118 Å². The Bertz CT molecular complexity index is 630. The van der Waals surface area contributed by atoms with E-state index in [0.29, 0.717) is 22.7 Å². The van der Waals surface area contributed by atoms with Gasteiger partial charge in [0.2, 0.25) is 0 Å². The smallest absolute Gasteiger partial charge is 0.125 e. The molecule has 2 rings (SSSR count). The van der Waals surface area contributed by atoms with Crippen molar-refractivity contribution >= 4 is 5.69 Å². The van der Waals surface area contributed by atoms with Crippen molar-refractivity contribution in [1.29, 1.82) is 5.26 Å². The van der Waals surface area contributed by atoms with Gasteiger partial charge in [0.25, 0.3) is 0 Å². The van der Waals surface area contributed by atoms with Crippen LogP contribution in [0.2, 0.25) is 0 Å². The van der Waals surface area contributed by atoms with Gasteiger partial charge in [0.15, 0.2) is 0 Å². The Morgan fingerprint density at radius 2 is 1.75 bits per heavy atom. The first kappa shape index (κ1) is 13.8. The lowest BCUT2D eigenvalue weighted by Gasteiger charge is -2.16. The number of nitrogen functional groups attached to an aromatic ring is 1. The molecule has 0 bridgehead atoms. The predicted molar refractivity (Wildman–Crippen MR) is 77.6 cm³/mol. The monoisotopic (exact) mass is 268 g/mol. The van der Waals surface area contributed by atoms with Gasteiger partial charge in [-0.1, -0.05) is 12.1 Å². The van der Waals surface area contributed by atoms with E-state index in [1.165, 1.54) is 0 Å². The number of benzene rings is 2. The summed E-state index contributed by atoms with van der Waals surface area (Å²) in [5, 5.41) is 8.99. The number of nitrogens with zero attached hydrogens (tertiary/aromatic N) is 1. The molecule has 4 nitrogen and oxygen atoms in total. The van der Waals surface area contributed by atoms with Gasteiger partial charge in [-0.3, -0.25) is 0 Å². The Morgan fingerprint density at radius 1 is 1.10 bits per heavy atom. The normalized spacial score (nSPS) is 11.4. The number of hydrogen-bond acceptors (Lipinski definition) is 4. The molecule has 0 spiro atoms. The molecule has 20 heavy (non-hydrogen) atoms. The SMILES string of the molecule is COc1cc(C#N)cc(OC(C)c2ccc(N)cc2)c1. The average Bonchev–Trinajstić information content (AvgIpc) is 2.47. The van der Waals surface area contributed by atoms with Crippen molar-refractivity contribution in [2.24, 2.45) is 0 Å². The van der Waals surface area contributed by atoms with Crippen LogP contribution in [0.4, 0.5) is 5.69 Å². The van der Waals surface area contributed by atoms with E-state index in [1.807, 2.05) is 31.2 Å². The Morgan fingerprint density at radius 3 is 2.35 bits per heavy atom. The van der Waals surface area contributed by atoms with Crippen LogP contribution in [0.5, 0.6) is 11.5 Å². The van der Waals surface area contributed by atoms with E-state index in [1.54, 1.807) is 25.3 Å². The molecule has 0 saturated carbocycles. The lowest BCUT2D eigenvalue weighted by Crippen LogP contribution is -2.03. The maximum atomic E-state index is 8.99. The standard InChI is InChI=1S/C16H16N2O2/c1-11(13-3-5-14(18)6-4-13)20-16-8-12(10-17)7-15(9-16)19-2/h3-9,11H,18H2,1-2H3. The van der Waals surface area contributed by atoms with Gasteiger partial charge in [0.1, 0.15) is 17.6 Å². The van der Waals surface area contributed by atoms with Gasteiger partial charge < -0.3 is 15.2 Å². The summed E-state index contributed by atoms with van der Waals surface area (Å²) in [6, 6.07) is 14.7. The second-order valence-electron chi connectivity index (χ2n) is 4.44. The van der Waals surface area contributed by atoms with Crippen LogP contribution in [0.15, 0.2) is 42.5 Å². The fourth-order valence-corrected chi connectivity index (χ4v) is 1.86. The van der Waals surface area contributed by atoms with Crippen LogP contribution in [0, 0.1) is 11.3 Å². The Balaban J connectivity index is 2.21. The summed E-state index contributed by atoms with van der Waals surface area (Å²) in [5.74, 6) is 1.20. The molecule has 0 heterocycles. The van der Waals surface area contributed by atoms with Crippen LogP contribution in [0.25, 0.3) is 0 Å². The number of methoxy groups -OCH3 is 1. The number of hydrogen-bond donors (Lipinski definition) is 1. The topological polar surface area (TPSA) is 68.3 Å². The summed E-state index contributed by atoms with van der Waals surface area (Å²) >= 11 is 0. The second-order valence-corrected chi connectivity index (χ2v) is 4.44. The number of nitriles is 1. The van der Waals surface area contributed by atoms with Crippen molar-refractivity contribution in [3.63, 3.8) is 0 Å². The van der Waals surface area contributed by atoms with Crippen molar-refractivity contribution < 1.29 is 9.47 Å². The fourth-order valence-electron chi connectivity index (χ4n) is 1.86. The van der Waals surface area contributed by atoms with Crippen LogP contribution in [-0.4, -0.2) is 7.11 Å². The van der Waals surface area contributed by atoms with Crippen LogP contribution in [0.1, 0.15) is 24.2 Å². The van der Waals surface area contributed by atoms with E-state index in [4.69, 9.17) is 20.5 Å². The van der Waals surface area contributed by atoms with Gasteiger partial charge in [-0.15, -0.1) is 0 Å². The minimum absolute atomic E-state index is 0.144. The van der Waals surface area contributed by atoms with Gasteiger partial charge in [0, 0.05) is 11.8 Å². The Hall–Kier alpha value is -2.67. The van der Waals surface area contributed by atoms with Gasteiger partial charge in [0.05, 0.1) is 18.7 Å². The first-order valence-corrected chi connectivity index (χ1v) is 6.23. The highest BCUT2D eigenvalue weighted by molar-refractivity contribution is 5.44. The second kappa shape index (κ2) is 5.98. The summed E-state index contributed by atoms with van der Waals surface area (Å²) in [5.41, 5.74) is 7.90. The molecule has 0 aromatic heterocycles. The quantitative estimate of drug-likeness (QED) is 0.864. The van der Waals surface area contributed by atoms with Crippen LogP contribution in [-0.2, 0) is 0 Å². The van der Waals surface area contributed by atoms with E-state index in [-0.39, 0.29) is 6.10 Å². The van der Waals surface area contributed by atoms with E-state index in [9.17, 15) is 0 Å². The number of rotatable bonds is 4. The van der Waals surface area contributed by atoms with E-state index in [2.05, 4.69) is 6.07 Å². The van der Waals surface area contributed by atoms with Crippen LogP contribution in [0.3, 0.4) is 0 Å². The molecule has 2 aromatic carbocycles. The molecular weight excluding hydrogens is 252 g/mol. The van der Waals surface area contributed by atoms with Crippen molar-refractivity contribution in [3.8, 4) is 17.6 Å². The zero-order chi connectivity index (χ0) is 14.5. The summed E-state index contributed by atoms with van der Waals surface area (Å²) < 4.78 is 11.0. The highest BCUT2D eigenvalue weighted by Crippen LogP contribution is 2.27. The fraction of sp³-hybridized carbons (Fsp3) is 0.188. The molecule has 4 heteroatoms. The molecular formula is C16H16N2O2. The van der Waals surface area contributed by atoms with Crippen LogP contribution >= 0.6 is 0 Å².